The van der Waals surface area contributed by atoms with Gasteiger partial charge in [-0.3, -0.25) is 9.69 Å². The van der Waals surface area contributed by atoms with Gasteiger partial charge >= 0.3 is 5.97 Å². The minimum Gasteiger partial charge on any atom is -0.497 e. The lowest BCUT2D eigenvalue weighted by atomic mass is 10.2. The molecule has 2 aromatic carbocycles. The van der Waals surface area contributed by atoms with Gasteiger partial charge in [-0.2, -0.15) is 0 Å². The number of nitrogens with zero attached hydrogens (tertiary/aromatic N) is 1. The van der Waals surface area contributed by atoms with E-state index in [-0.39, 0.29) is 11.7 Å². The van der Waals surface area contributed by atoms with E-state index < -0.39 is 5.97 Å². The maximum Gasteiger partial charge on any atom is 0.336 e. The topological polar surface area (TPSA) is 74.3 Å². The van der Waals surface area contributed by atoms with E-state index in [1.54, 1.807) is 61.6 Å². The molecule has 0 aliphatic carbocycles. The summed E-state index contributed by atoms with van der Waals surface area (Å²) in [5.41, 5.74) is 1.56. The number of amides is 1. The molecule has 178 valence electrons. The standard InChI is InChI=1S/C25H25NO6S2/c1-29-14-4-13-26-24(28)22(34-25(26)33)16-18-7-11-20(21(15-18)31-3)32-23(27)12-8-17-5-9-19(30-2)10-6-17/h5-12,15-16H,4,13-14H2,1-3H3/b12-8+,22-16-. The normalized spacial score (nSPS) is 14.8. The zero-order chi connectivity index (χ0) is 24.5. The number of thioether (sulfide) groups is 1. The summed E-state index contributed by atoms with van der Waals surface area (Å²) in [4.78, 5) is 27.1. The summed E-state index contributed by atoms with van der Waals surface area (Å²) in [6, 6.07) is 12.4. The van der Waals surface area contributed by atoms with Crippen LogP contribution in [-0.2, 0) is 14.3 Å². The van der Waals surface area contributed by atoms with Crippen molar-refractivity contribution in [2.45, 2.75) is 6.42 Å². The van der Waals surface area contributed by atoms with Crippen molar-refractivity contribution in [1.82, 2.24) is 4.90 Å². The van der Waals surface area contributed by atoms with E-state index in [9.17, 15) is 9.59 Å². The number of carbonyl (C=O) groups excluding carboxylic acids is 2. The molecule has 0 radical (unpaired) electrons. The van der Waals surface area contributed by atoms with Crippen LogP contribution in [0.25, 0.3) is 12.2 Å². The number of thiocarbonyl (C=S) groups is 1. The van der Waals surface area contributed by atoms with Crippen molar-refractivity contribution < 1.29 is 28.5 Å². The van der Waals surface area contributed by atoms with Crippen LogP contribution in [0, 0.1) is 0 Å². The van der Waals surface area contributed by atoms with Crippen LogP contribution in [0.15, 0.2) is 53.4 Å². The highest BCUT2D eigenvalue weighted by atomic mass is 32.2. The van der Waals surface area contributed by atoms with E-state index in [2.05, 4.69) is 0 Å². The molecule has 1 aliphatic heterocycles. The van der Waals surface area contributed by atoms with Crippen molar-refractivity contribution in [2.24, 2.45) is 0 Å². The summed E-state index contributed by atoms with van der Waals surface area (Å²) in [5, 5.41) is 0. The Morgan fingerprint density at radius 1 is 1.03 bits per heavy atom. The second-order valence-corrected chi connectivity index (χ2v) is 8.79. The fourth-order valence-corrected chi connectivity index (χ4v) is 4.40. The van der Waals surface area contributed by atoms with Crippen molar-refractivity contribution >= 4 is 52.3 Å². The van der Waals surface area contributed by atoms with Gasteiger partial charge in [0.1, 0.15) is 10.1 Å². The minimum absolute atomic E-state index is 0.135. The van der Waals surface area contributed by atoms with Gasteiger partial charge in [-0.25, -0.2) is 4.79 Å². The van der Waals surface area contributed by atoms with Crippen LogP contribution < -0.4 is 14.2 Å². The fourth-order valence-electron chi connectivity index (χ4n) is 3.09. The molecule has 1 heterocycles. The molecule has 0 atom stereocenters. The van der Waals surface area contributed by atoms with Crippen LogP contribution in [-0.4, -0.2) is 55.6 Å². The smallest absolute Gasteiger partial charge is 0.336 e. The number of hydrogen-bond acceptors (Lipinski definition) is 8. The van der Waals surface area contributed by atoms with E-state index >= 15 is 0 Å². The highest BCUT2D eigenvalue weighted by molar-refractivity contribution is 8.26. The molecule has 2 aromatic rings. The Morgan fingerprint density at radius 2 is 1.76 bits per heavy atom. The number of benzene rings is 2. The Hall–Kier alpha value is -3.14. The molecule has 1 amide bonds. The molecule has 1 saturated heterocycles. The lowest BCUT2D eigenvalue weighted by Crippen LogP contribution is -2.29. The molecule has 0 aromatic heterocycles. The Kier molecular flexibility index (Phi) is 9.26. The lowest BCUT2D eigenvalue weighted by Gasteiger charge is -2.13. The Bertz CT molecular complexity index is 1110. The van der Waals surface area contributed by atoms with Crippen molar-refractivity contribution in [3.05, 3.63) is 64.6 Å². The summed E-state index contributed by atoms with van der Waals surface area (Å²) in [5.74, 6) is 0.701. The molecule has 0 N–H and O–H groups in total. The predicted octanol–water partition coefficient (Wildman–Crippen LogP) is 4.56. The second-order valence-electron chi connectivity index (χ2n) is 7.12. The maximum absolute atomic E-state index is 12.7. The van der Waals surface area contributed by atoms with Crippen LogP contribution >= 0.6 is 24.0 Å². The number of esters is 1. The fraction of sp³-hybridized carbons (Fsp3) is 0.240. The van der Waals surface area contributed by atoms with Crippen molar-refractivity contribution in [1.29, 1.82) is 0 Å². The van der Waals surface area contributed by atoms with Gasteiger partial charge in [0.2, 0.25) is 0 Å². The average Bonchev–Trinajstić information content (AvgIpc) is 3.11. The largest absolute Gasteiger partial charge is 0.497 e. The van der Waals surface area contributed by atoms with Crippen LogP contribution in [0.3, 0.4) is 0 Å². The summed E-state index contributed by atoms with van der Waals surface area (Å²) in [7, 11) is 4.70. The highest BCUT2D eigenvalue weighted by Gasteiger charge is 2.31. The van der Waals surface area contributed by atoms with E-state index in [1.807, 2.05) is 12.1 Å². The van der Waals surface area contributed by atoms with Gasteiger partial charge in [-0.15, -0.1) is 0 Å². The van der Waals surface area contributed by atoms with Crippen molar-refractivity contribution in [2.75, 3.05) is 34.5 Å². The van der Waals surface area contributed by atoms with E-state index in [1.165, 1.54) is 24.9 Å². The summed E-state index contributed by atoms with van der Waals surface area (Å²) in [6.45, 7) is 1.07. The second kappa shape index (κ2) is 12.4. The summed E-state index contributed by atoms with van der Waals surface area (Å²) in [6.07, 6.45) is 5.44. The third-order valence-electron chi connectivity index (χ3n) is 4.83. The van der Waals surface area contributed by atoms with Crippen molar-refractivity contribution in [3.8, 4) is 17.2 Å². The number of carbonyl (C=O) groups is 2. The Labute approximate surface area is 208 Å². The Morgan fingerprint density at radius 3 is 2.44 bits per heavy atom. The maximum atomic E-state index is 12.7. The van der Waals surface area contributed by atoms with Gasteiger partial charge < -0.3 is 18.9 Å². The van der Waals surface area contributed by atoms with Crippen molar-refractivity contribution in [3.63, 3.8) is 0 Å². The number of hydrogen-bond donors (Lipinski definition) is 0. The molecule has 3 rings (SSSR count). The number of rotatable bonds is 10. The predicted molar refractivity (Wildman–Crippen MR) is 137 cm³/mol. The highest BCUT2D eigenvalue weighted by Crippen LogP contribution is 2.35. The molecule has 7 nitrogen and oxygen atoms in total. The van der Waals surface area contributed by atoms with Crippen LogP contribution in [0.1, 0.15) is 17.5 Å². The molecule has 0 spiro atoms. The van der Waals surface area contributed by atoms with Gasteiger partial charge in [-0.05, 0) is 54.0 Å². The quantitative estimate of drug-likeness (QED) is 0.155. The molecule has 1 aliphatic rings. The van der Waals surface area contributed by atoms with E-state index in [0.29, 0.717) is 34.5 Å². The first-order valence-corrected chi connectivity index (χ1v) is 11.6. The molecule has 0 unspecified atom stereocenters. The first-order valence-electron chi connectivity index (χ1n) is 10.4. The lowest BCUT2D eigenvalue weighted by molar-refractivity contribution is -0.129. The van der Waals surface area contributed by atoms with Crippen LogP contribution in [0.2, 0.25) is 0 Å². The SMILES string of the molecule is COCCCN1C(=O)/C(=C/c2ccc(OC(=O)/C=C/c3ccc(OC)cc3)c(OC)c2)SC1=S. The third kappa shape index (κ3) is 6.69. The molecular formula is C25H25NO6S2. The summed E-state index contributed by atoms with van der Waals surface area (Å²) < 4.78 is 21.5. The molecule has 9 heteroatoms. The van der Waals surface area contributed by atoms with Crippen LogP contribution in [0.4, 0.5) is 0 Å². The van der Waals surface area contributed by atoms with Gasteiger partial charge in [-0.1, -0.05) is 42.2 Å². The molecular weight excluding hydrogens is 474 g/mol. The third-order valence-corrected chi connectivity index (χ3v) is 6.21. The number of ether oxygens (including phenoxy) is 4. The van der Waals surface area contributed by atoms with Gasteiger partial charge in [0, 0.05) is 26.3 Å². The molecule has 34 heavy (non-hydrogen) atoms. The zero-order valence-corrected chi connectivity index (χ0v) is 20.7. The van der Waals surface area contributed by atoms with Crippen LogP contribution in [0.5, 0.6) is 17.2 Å². The van der Waals surface area contributed by atoms with Gasteiger partial charge in [0.05, 0.1) is 19.1 Å². The number of methoxy groups -OCH3 is 3. The first kappa shape index (κ1) is 25.5. The van der Waals surface area contributed by atoms with E-state index in [4.69, 9.17) is 31.2 Å². The zero-order valence-electron chi connectivity index (χ0n) is 19.1. The first-order chi connectivity index (χ1) is 16.4. The minimum atomic E-state index is -0.543. The van der Waals surface area contributed by atoms with Gasteiger partial charge in [0.25, 0.3) is 5.91 Å². The molecule has 1 fully saturated rings. The van der Waals surface area contributed by atoms with Gasteiger partial charge in [0.15, 0.2) is 11.5 Å². The Balaban J connectivity index is 1.68. The molecule has 0 bridgehead atoms. The summed E-state index contributed by atoms with van der Waals surface area (Å²) >= 11 is 6.60. The van der Waals surface area contributed by atoms with E-state index in [0.717, 1.165) is 16.9 Å². The monoisotopic (exact) mass is 499 g/mol. The molecule has 0 saturated carbocycles. The average molecular weight is 500 g/mol.